The summed E-state index contributed by atoms with van der Waals surface area (Å²) >= 11 is 0. The predicted molar refractivity (Wildman–Crippen MR) is 119 cm³/mol. The molecule has 9 heteroatoms. The highest BCUT2D eigenvalue weighted by Gasteiger charge is 2.13. The summed E-state index contributed by atoms with van der Waals surface area (Å²) in [6.07, 6.45) is 2.64. The molecule has 0 aliphatic heterocycles. The normalized spacial score (nSPS) is 11.2. The lowest BCUT2D eigenvalue weighted by atomic mass is 9.99. The van der Waals surface area contributed by atoms with E-state index in [-0.39, 0.29) is 20.2 Å². The van der Waals surface area contributed by atoms with E-state index in [2.05, 4.69) is 15.1 Å². The fourth-order valence-electron chi connectivity index (χ4n) is 3.51. The molecule has 0 amide bonds. The number of fused-ring (bicyclic) bond motifs is 1. The number of aliphatic hydroxyl groups excluding tert-OH is 2. The molecule has 2 heterocycles. The number of ether oxygens (including phenoxy) is 3. The van der Waals surface area contributed by atoms with Crippen molar-refractivity contribution in [1.29, 1.82) is 0 Å². The Bertz CT molecular complexity index is 1170. The van der Waals surface area contributed by atoms with Crippen molar-refractivity contribution in [3.8, 4) is 17.1 Å². The Balaban J connectivity index is 1.54. The van der Waals surface area contributed by atoms with Gasteiger partial charge in [-0.05, 0) is 36.1 Å². The van der Waals surface area contributed by atoms with Gasteiger partial charge in [0.25, 0.3) is 0 Å². The maximum absolute atomic E-state index is 8.93. The van der Waals surface area contributed by atoms with Gasteiger partial charge >= 0.3 is 0 Å². The Labute approximate surface area is 190 Å². The molecule has 0 radical (unpaired) electrons. The topological polar surface area (TPSA) is 120 Å². The second-order valence-corrected chi connectivity index (χ2v) is 7.22. The third-order valence-electron chi connectivity index (χ3n) is 5.11. The fourth-order valence-corrected chi connectivity index (χ4v) is 3.51. The zero-order chi connectivity index (χ0) is 22.9. The van der Waals surface area contributed by atoms with Gasteiger partial charge in [-0.25, -0.2) is 9.97 Å². The van der Waals surface area contributed by atoms with E-state index in [9.17, 15) is 0 Å². The van der Waals surface area contributed by atoms with E-state index in [0.717, 1.165) is 33.3 Å². The van der Waals surface area contributed by atoms with Crippen molar-refractivity contribution in [2.45, 2.75) is 19.4 Å². The number of aliphatic hydroxyl groups is 2. The van der Waals surface area contributed by atoms with Gasteiger partial charge in [0.1, 0.15) is 25.6 Å². The summed E-state index contributed by atoms with van der Waals surface area (Å²) in [5.41, 5.74) is 4.46. The van der Waals surface area contributed by atoms with Gasteiger partial charge in [-0.15, -0.1) is 0 Å². The third kappa shape index (κ3) is 5.91. The molecule has 33 heavy (non-hydrogen) atoms. The van der Waals surface area contributed by atoms with E-state index >= 15 is 0 Å². The highest BCUT2D eigenvalue weighted by molar-refractivity contribution is 5.84. The molecule has 172 valence electrons. The van der Waals surface area contributed by atoms with Gasteiger partial charge in [-0.1, -0.05) is 35.5 Å². The van der Waals surface area contributed by atoms with Gasteiger partial charge in [0.15, 0.2) is 12.4 Å². The summed E-state index contributed by atoms with van der Waals surface area (Å²) < 4.78 is 21.6. The van der Waals surface area contributed by atoms with Crippen LogP contribution in [-0.4, -0.2) is 52.1 Å². The molecule has 0 aliphatic rings. The first kappa shape index (κ1) is 22.8. The molecule has 0 atom stereocenters. The summed E-state index contributed by atoms with van der Waals surface area (Å²) in [5.74, 6) is 1.01. The number of nitrogens with zero attached hydrogens (tertiary/aromatic N) is 3. The van der Waals surface area contributed by atoms with E-state index in [1.165, 1.54) is 6.33 Å². The molecule has 0 fully saturated rings. The van der Waals surface area contributed by atoms with Crippen molar-refractivity contribution >= 4 is 10.9 Å². The molecule has 0 unspecified atom stereocenters. The fraction of sp³-hybridized carbons (Fsp3) is 0.292. The lowest BCUT2D eigenvalue weighted by molar-refractivity contribution is -0.00152. The molecular weight excluding hydrogens is 426 g/mol. The highest BCUT2D eigenvalue weighted by atomic mass is 16.6. The van der Waals surface area contributed by atoms with E-state index in [0.29, 0.717) is 37.7 Å². The van der Waals surface area contributed by atoms with E-state index in [1.807, 2.05) is 48.5 Å². The standard InChI is InChI=1S/C24H25N3O6/c28-15-30-8-6-18-10-21-23(11-19(18)7-9-31-16-29)25-14-26-24(21)32-13-20-12-22(27-33-20)17-4-2-1-3-5-17/h1-5,10-12,14,28-29H,6-9,13,15-16H2. The van der Waals surface area contributed by atoms with Crippen LogP contribution in [0.2, 0.25) is 0 Å². The third-order valence-corrected chi connectivity index (χ3v) is 5.11. The van der Waals surface area contributed by atoms with Crippen molar-refractivity contribution in [1.82, 2.24) is 15.1 Å². The number of aromatic nitrogens is 3. The molecule has 4 aromatic rings. The summed E-state index contributed by atoms with van der Waals surface area (Å²) in [6.45, 7) is 0.237. The van der Waals surface area contributed by atoms with Crippen molar-refractivity contribution in [3.63, 3.8) is 0 Å². The van der Waals surface area contributed by atoms with Crippen molar-refractivity contribution in [2.75, 3.05) is 26.8 Å². The van der Waals surface area contributed by atoms with Gasteiger partial charge in [0, 0.05) is 11.6 Å². The Morgan fingerprint density at radius 3 is 2.30 bits per heavy atom. The number of hydrogen-bond donors (Lipinski definition) is 2. The van der Waals surface area contributed by atoms with Crippen LogP contribution in [0.3, 0.4) is 0 Å². The number of benzene rings is 2. The SMILES string of the molecule is OCOCCc1cc2ncnc(OCc3cc(-c4ccccc4)no3)c2cc1CCOCO. The largest absolute Gasteiger partial charge is 0.469 e. The van der Waals surface area contributed by atoms with E-state index < -0.39 is 0 Å². The molecule has 2 aromatic carbocycles. The van der Waals surface area contributed by atoms with Crippen LogP contribution in [-0.2, 0) is 28.9 Å². The molecule has 9 nitrogen and oxygen atoms in total. The highest BCUT2D eigenvalue weighted by Crippen LogP contribution is 2.27. The minimum atomic E-state index is -0.337. The Morgan fingerprint density at radius 2 is 1.58 bits per heavy atom. The summed E-state index contributed by atoms with van der Waals surface area (Å²) in [4.78, 5) is 8.68. The zero-order valence-corrected chi connectivity index (χ0v) is 18.0. The molecular formula is C24H25N3O6. The Kier molecular flexibility index (Phi) is 7.94. The van der Waals surface area contributed by atoms with Crippen LogP contribution in [0.4, 0.5) is 0 Å². The second kappa shape index (κ2) is 11.5. The molecule has 0 aliphatic carbocycles. The predicted octanol–water partition coefficient (Wildman–Crippen LogP) is 2.88. The monoisotopic (exact) mass is 451 g/mol. The van der Waals surface area contributed by atoms with Crippen molar-refractivity contribution in [3.05, 3.63) is 71.7 Å². The maximum atomic E-state index is 8.93. The average Bonchev–Trinajstić information content (AvgIpc) is 3.33. The van der Waals surface area contributed by atoms with Crippen molar-refractivity contribution in [2.24, 2.45) is 0 Å². The summed E-state index contributed by atoms with van der Waals surface area (Å²) in [6, 6.07) is 15.5. The van der Waals surface area contributed by atoms with Crippen LogP contribution in [0.1, 0.15) is 16.9 Å². The lowest BCUT2D eigenvalue weighted by Crippen LogP contribution is -2.07. The van der Waals surface area contributed by atoms with Crippen LogP contribution < -0.4 is 4.74 Å². The molecule has 0 bridgehead atoms. The first-order valence-electron chi connectivity index (χ1n) is 10.6. The van der Waals surface area contributed by atoms with Gasteiger partial charge in [0.05, 0.1) is 24.1 Å². The Hall–Kier alpha value is -3.37. The molecule has 2 N–H and O–H groups in total. The minimum Gasteiger partial charge on any atom is -0.469 e. The van der Waals surface area contributed by atoms with Gasteiger partial charge in [-0.3, -0.25) is 0 Å². The molecule has 0 saturated carbocycles. The van der Waals surface area contributed by atoms with Gasteiger partial charge < -0.3 is 28.9 Å². The van der Waals surface area contributed by atoms with Crippen LogP contribution in [0.15, 0.2) is 59.4 Å². The van der Waals surface area contributed by atoms with Gasteiger partial charge in [-0.2, -0.15) is 0 Å². The molecule has 0 saturated heterocycles. The molecule has 0 spiro atoms. The van der Waals surface area contributed by atoms with Crippen LogP contribution >= 0.6 is 0 Å². The van der Waals surface area contributed by atoms with Crippen molar-refractivity contribution < 1.29 is 28.9 Å². The second-order valence-electron chi connectivity index (χ2n) is 7.22. The van der Waals surface area contributed by atoms with Crippen LogP contribution in [0, 0.1) is 0 Å². The van der Waals surface area contributed by atoms with Gasteiger partial charge in [0.2, 0.25) is 5.88 Å². The van der Waals surface area contributed by atoms with Crippen LogP contribution in [0.25, 0.3) is 22.2 Å². The quantitative estimate of drug-likeness (QED) is 0.247. The summed E-state index contributed by atoms with van der Waals surface area (Å²) in [5, 5.41) is 22.7. The average molecular weight is 451 g/mol. The minimum absolute atomic E-state index is 0.168. The zero-order valence-electron chi connectivity index (χ0n) is 18.0. The van der Waals surface area contributed by atoms with Crippen LogP contribution in [0.5, 0.6) is 5.88 Å². The van der Waals surface area contributed by atoms with E-state index in [4.69, 9.17) is 28.9 Å². The Morgan fingerprint density at radius 1 is 0.848 bits per heavy atom. The molecule has 2 aromatic heterocycles. The number of rotatable bonds is 12. The molecule has 4 rings (SSSR count). The lowest BCUT2D eigenvalue weighted by Gasteiger charge is -2.13. The first-order valence-corrected chi connectivity index (χ1v) is 10.6. The first-order chi connectivity index (χ1) is 16.3. The maximum Gasteiger partial charge on any atom is 0.224 e. The summed E-state index contributed by atoms with van der Waals surface area (Å²) in [7, 11) is 0. The smallest absolute Gasteiger partial charge is 0.224 e. The van der Waals surface area contributed by atoms with E-state index in [1.54, 1.807) is 0 Å². The number of hydrogen-bond acceptors (Lipinski definition) is 9.